The smallest absolute Gasteiger partial charge is 0.0576 e. The van der Waals surface area contributed by atoms with E-state index in [-0.39, 0.29) is 5.54 Å². The van der Waals surface area contributed by atoms with Gasteiger partial charge < -0.3 is 10.1 Å². The quantitative estimate of drug-likeness (QED) is 0.740. The minimum Gasteiger partial charge on any atom is -0.378 e. The first kappa shape index (κ1) is 16.3. The molecule has 20 heavy (non-hydrogen) atoms. The van der Waals surface area contributed by atoms with Crippen molar-refractivity contribution < 1.29 is 4.74 Å². The highest BCUT2D eigenvalue weighted by Crippen LogP contribution is 2.34. The van der Waals surface area contributed by atoms with Crippen LogP contribution in [0.15, 0.2) is 0 Å². The summed E-state index contributed by atoms with van der Waals surface area (Å²) in [6, 6.07) is 0. The lowest BCUT2D eigenvalue weighted by Gasteiger charge is -2.29. The highest BCUT2D eigenvalue weighted by molar-refractivity contribution is 4.81. The SMILES string of the molecule is CC(C)(C)NCC(CCCC1CCCO1)C1CCCC1. The van der Waals surface area contributed by atoms with E-state index in [4.69, 9.17) is 4.74 Å². The number of nitrogens with one attached hydrogen (secondary N) is 1. The Morgan fingerprint density at radius 2 is 1.85 bits per heavy atom. The fraction of sp³-hybridized carbons (Fsp3) is 1.00. The zero-order valence-electron chi connectivity index (χ0n) is 13.9. The Bertz CT molecular complexity index is 259. The van der Waals surface area contributed by atoms with Crippen LogP contribution in [0.1, 0.15) is 78.6 Å². The van der Waals surface area contributed by atoms with Crippen LogP contribution in [0.5, 0.6) is 0 Å². The van der Waals surface area contributed by atoms with Gasteiger partial charge in [-0.05, 0) is 64.8 Å². The van der Waals surface area contributed by atoms with Crippen LogP contribution in [0.4, 0.5) is 0 Å². The van der Waals surface area contributed by atoms with Crippen molar-refractivity contribution >= 4 is 0 Å². The molecule has 2 rings (SSSR count). The maximum Gasteiger partial charge on any atom is 0.0576 e. The molecule has 1 saturated heterocycles. The third kappa shape index (κ3) is 5.73. The van der Waals surface area contributed by atoms with Crippen LogP contribution in [-0.2, 0) is 4.74 Å². The lowest BCUT2D eigenvalue weighted by Crippen LogP contribution is -2.40. The van der Waals surface area contributed by atoms with Gasteiger partial charge in [-0.2, -0.15) is 0 Å². The van der Waals surface area contributed by atoms with Crippen molar-refractivity contribution in [2.45, 2.75) is 90.2 Å². The third-order valence-corrected chi connectivity index (χ3v) is 5.09. The lowest BCUT2D eigenvalue weighted by molar-refractivity contribution is 0.0993. The Labute approximate surface area is 126 Å². The summed E-state index contributed by atoms with van der Waals surface area (Å²) in [5, 5.41) is 3.75. The standard InChI is InChI=1S/C18H35NO/c1-18(2,3)19-14-16(15-8-4-5-9-15)10-6-11-17-12-7-13-20-17/h15-17,19H,4-14H2,1-3H3. The van der Waals surface area contributed by atoms with Gasteiger partial charge in [-0.1, -0.05) is 32.1 Å². The monoisotopic (exact) mass is 281 g/mol. The maximum atomic E-state index is 5.76. The molecule has 1 aliphatic heterocycles. The van der Waals surface area contributed by atoms with Crippen LogP contribution in [0.3, 0.4) is 0 Å². The predicted molar refractivity (Wildman–Crippen MR) is 86.0 cm³/mol. The van der Waals surface area contributed by atoms with E-state index in [0.29, 0.717) is 6.10 Å². The van der Waals surface area contributed by atoms with Gasteiger partial charge in [0.25, 0.3) is 0 Å². The van der Waals surface area contributed by atoms with Crippen molar-refractivity contribution in [1.29, 1.82) is 0 Å². The average Bonchev–Trinajstić information content (AvgIpc) is 3.04. The second-order valence-electron chi connectivity index (χ2n) is 8.00. The summed E-state index contributed by atoms with van der Waals surface area (Å²) < 4.78 is 5.76. The largest absolute Gasteiger partial charge is 0.378 e. The summed E-state index contributed by atoms with van der Waals surface area (Å²) in [5.74, 6) is 1.87. The molecule has 0 radical (unpaired) electrons. The summed E-state index contributed by atoms with van der Waals surface area (Å²) in [6.45, 7) is 9.06. The molecule has 0 aromatic carbocycles. The first-order chi connectivity index (χ1) is 9.54. The van der Waals surface area contributed by atoms with E-state index >= 15 is 0 Å². The molecule has 2 fully saturated rings. The maximum absolute atomic E-state index is 5.76. The number of rotatable bonds is 7. The number of hydrogen-bond acceptors (Lipinski definition) is 2. The molecule has 1 N–H and O–H groups in total. The van der Waals surface area contributed by atoms with E-state index in [0.717, 1.165) is 18.4 Å². The van der Waals surface area contributed by atoms with Crippen LogP contribution in [0.25, 0.3) is 0 Å². The topological polar surface area (TPSA) is 21.3 Å². The van der Waals surface area contributed by atoms with Crippen molar-refractivity contribution in [3.63, 3.8) is 0 Å². The molecule has 2 nitrogen and oxygen atoms in total. The molecule has 0 aromatic heterocycles. The Morgan fingerprint density at radius 1 is 1.10 bits per heavy atom. The highest BCUT2D eigenvalue weighted by Gasteiger charge is 2.26. The Kier molecular flexibility index (Phi) is 6.35. The zero-order chi connectivity index (χ0) is 14.4. The molecular weight excluding hydrogens is 246 g/mol. The van der Waals surface area contributed by atoms with Gasteiger partial charge in [-0.3, -0.25) is 0 Å². The molecule has 1 heterocycles. The van der Waals surface area contributed by atoms with Crippen molar-refractivity contribution in [3.8, 4) is 0 Å². The molecule has 0 spiro atoms. The Morgan fingerprint density at radius 3 is 2.45 bits per heavy atom. The van der Waals surface area contributed by atoms with E-state index in [1.807, 2.05) is 0 Å². The first-order valence-electron chi connectivity index (χ1n) is 8.91. The van der Waals surface area contributed by atoms with Crippen LogP contribution < -0.4 is 5.32 Å². The molecular formula is C18H35NO. The van der Waals surface area contributed by atoms with Gasteiger partial charge >= 0.3 is 0 Å². The number of ether oxygens (including phenoxy) is 1. The van der Waals surface area contributed by atoms with Gasteiger partial charge in [0.1, 0.15) is 0 Å². The first-order valence-corrected chi connectivity index (χ1v) is 8.91. The van der Waals surface area contributed by atoms with Gasteiger partial charge in [0, 0.05) is 12.1 Å². The van der Waals surface area contributed by atoms with E-state index in [1.165, 1.54) is 64.3 Å². The van der Waals surface area contributed by atoms with Gasteiger partial charge in [0.15, 0.2) is 0 Å². The molecule has 2 aliphatic rings. The van der Waals surface area contributed by atoms with Crippen molar-refractivity contribution in [2.75, 3.05) is 13.2 Å². The molecule has 2 atom stereocenters. The summed E-state index contributed by atoms with van der Waals surface area (Å²) >= 11 is 0. The minimum atomic E-state index is 0.255. The van der Waals surface area contributed by atoms with Gasteiger partial charge in [-0.25, -0.2) is 0 Å². The normalized spacial score (nSPS) is 26.2. The average molecular weight is 281 g/mol. The summed E-state index contributed by atoms with van der Waals surface area (Å²) in [5.41, 5.74) is 0.255. The minimum absolute atomic E-state index is 0.255. The number of hydrogen-bond donors (Lipinski definition) is 1. The van der Waals surface area contributed by atoms with Gasteiger partial charge in [-0.15, -0.1) is 0 Å². The van der Waals surface area contributed by atoms with Crippen LogP contribution >= 0.6 is 0 Å². The van der Waals surface area contributed by atoms with Crippen molar-refractivity contribution in [2.24, 2.45) is 11.8 Å². The van der Waals surface area contributed by atoms with E-state index in [1.54, 1.807) is 0 Å². The second kappa shape index (κ2) is 7.79. The third-order valence-electron chi connectivity index (χ3n) is 5.09. The molecule has 1 saturated carbocycles. The summed E-state index contributed by atoms with van der Waals surface area (Å²) in [6.07, 6.45) is 13.1. The molecule has 118 valence electrons. The van der Waals surface area contributed by atoms with Crippen molar-refractivity contribution in [1.82, 2.24) is 5.32 Å². The fourth-order valence-electron chi connectivity index (χ4n) is 3.85. The second-order valence-corrected chi connectivity index (χ2v) is 8.00. The van der Waals surface area contributed by atoms with Crippen LogP contribution in [-0.4, -0.2) is 24.8 Å². The molecule has 0 aromatic rings. The highest BCUT2D eigenvalue weighted by atomic mass is 16.5. The van der Waals surface area contributed by atoms with Crippen LogP contribution in [0.2, 0.25) is 0 Å². The fourth-order valence-corrected chi connectivity index (χ4v) is 3.85. The van der Waals surface area contributed by atoms with Crippen LogP contribution in [0, 0.1) is 11.8 Å². The Balaban J connectivity index is 1.72. The predicted octanol–water partition coefficient (Wildman–Crippen LogP) is 4.53. The van der Waals surface area contributed by atoms with Gasteiger partial charge in [0.2, 0.25) is 0 Å². The van der Waals surface area contributed by atoms with E-state index < -0.39 is 0 Å². The molecule has 2 heteroatoms. The van der Waals surface area contributed by atoms with E-state index in [2.05, 4.69) is 26.1 Å². The van der Waals surface area contributed by atoms with Gasteiger partial charge in [0.05, 0.1) is 6.10 Å². The molecule has 0 amide bonds. The van der Waals surface area contributed by atoms with E-state index in [9.17, 15) is 0 Å². The van der Waals surface area contributed by atoms with Crippen molar-refractivity contribution in [3.05, 3.63) is 0 Å². The molecule has 2 unspecified atom stereocenters. The molecule has 1 aliphatic carbocycles. The summed E-state index contributed by atoms with van der Waals surface area (Å²) in [7, 11) is 0. The lowest BCUT2D eigenvalue weighted by atomic mass is 9.85. The Hall–Kier alpha value is -0.0800. The molecule has 0 bridgehead atoms. The summed E-state index contributed by atoms with van der Waals surface area (Å²) in [4.78, 5) is 0. The zero-order valence-corrected chi connectivity index (χ0v) is 13.9.